The number of hydrogen-bond donors (Lipinski definition) is 0. The zero-order valence-electron chi connectivity index (χ0n) is 13.9. The zero-order chi connectivity index (χ0) is 17.8. The number of aromatic nitrogens is 1. The van der Waals surface area contributed by atoms with Crippen molar-refractivity contribution in [1.29, 1.82) is 0 Å². The van der Waals surface area contributed by atoms with Crippen LogP contribution in [-0.4, -0.2) is 18.0 Å². The molecular formula is C19H15N3O2S2. The summed E-state index contributed by atoms with van der Waals surface area (Å²) in [4.78, 5) is 5.48. The molecule has 0 atom stereocenters. The van der Waals surface area contributed by atoms with Crippen LogP contribution in [0.5, 0.6) is 5.75 Å². The second kappa shape index (κ2) is 7.55. The van der Waals surface area contributed by atoms with Crippen LogP contribution in [0, 0.1) is 0 Å². The number of thiazole rings is 1. The fourth-order valence-electron chi connectivity index (χ4n) is 2.32. The molecule has 0 aliphatic heterocycles. The van der Waals surface area contributed by atoms with Gasteiger partial charge < -0.3 is 9.15 Å². The van der Waals surface area contributed by atoms with Gasteiger partial charge in [-0.15, -0.1) is 11.3 Å². The molecule has 0 saturated carbocycles. The molecule has 0 unspecified atom stereocenters. The van der Waals surface area contributed by atoms with Crippen molar-refractivity contribution in [1.82, 2.24) is 4.68 Å². The van der Waals surface area contributed by atoms with Crippen LogP contribution in [0.1, 0.15) is 5.56 Å². The number of rotatable bonds is 5. The molecule has 0 N–H and O–H groups in total. The maximum absolute atomic E-state index is 5.55. The van der Waals surface area contributed by atoms with E-state index in [9.17, 15) is 0 Å². The Balaban J connectivity index is 1.79. The van der Waals surface area contributed by atoms with Crippen LogP contribution in [0.15, 0.2) is 79.4 Å². The highest BCUT2D eigenvalue weighted by molar-refractivity contribution is 7.08. The van der Waals surface area contributed by atoms with Crippen molar-refractivity contribution in [3.8, 4) is 17.2 Å². The largest absolute Gasteiger partial charge is 0.497 e. The first-order valence-electron chi connectivity index (χ1n) is 7.83. The van der Waals surface area contributed by atoms with Gasteiger partial charge >= 0.3 is 0 Å². The first-order valence-corrected chi connectivity index (χ1v) is 9.65. The second-order valence-corrected chi connectivity index (χ2v) is 6.92. The number of methoxy groups -OCH3 is 1. The molecule has 130 valence electrons. The molecule has 26 heavy (non-hydrogen) atoms. The van der Waals surface area contributed by atoms with Gasteiger partial charge in [-0.2, -0.15) is 16.4 Å². The quantitative estimate of drug-likeness (QED) is 0.457. The number of furan rings is 1. The van der Waals surface area contributed by atoms with Crippen molar-refractivity contribution in [3.63, 3.8) is 0 Å². The van der Waals surface area contributed by atoms with E-state index in [0.717, 1.165) is 33.3 Å². The highest BCUT2D eigenvalue weighted by Gasteiger charge is 2.10. The molecule has 0 bridgehead atoms. The summed E-state index contributed by atoms with van der Waals surface area (Å²) in [6.45, 7) is 0. The van der Waals surface area contributed by atoms with Crippen LogP contribution >= 0.6 is 22.7 Å². The van der Waals surface area contributed by atoms with Crippen molar-refractivity contribution < 1.29 is 9.15 Å². The Kier molecular flexibility index (Phi) is 4.81. The van der Waals surface area contributed by atoms with E-state index in [2.05, 4.69) is 5.10 Å². The van der Waals surface area contributed by atoms with Gasteiger partial charge in [-0.05, 0) is 53.2 Å². The highest BCUT2D eigenvalue weighted by Crippen LogP contribution is 2.22. The summed E-state index contributed by atoms with van der Waals surface area (Å²) in [5, 5.41) is 10.7. The van der Waals surface area contributed by atoms with Crippen LogP contribution in [0.3, 0.4) is 0 Å². The molecule has 4 aromatic rings. The molecule has 0 aliphatic carbocycles. The van der Waals surface area contributed by atoms with Crippen LogP contribution in [0.4, 0.5) is 5.69 Å². The molecule has 3 heterocycles. The van der Waals surface area contributed by atoms with Gasteiger partial charge in [0.1, 0.15) is 11.4 Å². The Labute approximate surface area is 158 Å². The number of ether oxygens (including phenoxy) is 1. The van der Waals surface area contributed by atoms with Gasteiger partial charge in [0.2, 0.25) is 4.80 Å². The summed E-state index contributed by atoms with van der Waals surface area (Å²) < 4.78 is 12.5. The molecule has 0 radical (unpaired) electrons. The third kappa shape index (κ3) is 3.54. The molecule has 0 spiro atoms. The predicted molar refractivity (Wildman–Crippen MR) is 106 cm³/mol. The van der Waals surface area contributed by atoms with Crippen LogP contribution in [0.25, 0.3) is 11.5 Å². The molecule has 0 fully saturated rings. The van der Waals surface area contributed by atoms with Gasteiger partial charge in [-0.25, -0.2) is 9.67 Å². The lowest BCUT2D eigenvalue weighted by atomic mass is 10.3. The molecule has 0 aliphatic rings. The van der Waals surface area contributed by atoms with Crippen LogP contribution in [0.2, 0.25) is 0 Å². The van der Waals surface area contributed by atoms with E-state index in [4.69, 9.17) is 14.1 Å². The maximum atomic E-state index is 5.55. The third-order valence-electron chi connectivity index (χ3n) is 3.62. The van der Waals surface area contributed by atoms with Crippen molar-refractivity contribution >= 4 is 34.6 Å². The van der Waals surface area contributed by atoms with Gasteiger partial charge in [0.15, 0.2) is 5.76 Å². The summed E-state index contributed by atoms with van der Waals surface area (Å²) in [6.07, 6.45) is 3.48. The van der Waals surface area contributed by atoms with Crippen LogP contribution < -0.4 is 9.54 Å². The van der Waals surface area contributed by atoms with E-state index in [1.54, 1.807) is 29.4 Å². The van der Waals surface area contributed by atoms with Gasteiger partial charge in [-0.3, -0.25) is 0 Å². The fourth-order valence-corrected chi connectivity index (χ4v) is 3.77. The lowest BCUT2D eigenvalue weighted by Crippen LogP contribution is -2.11. The monoisotopic (exact) mass is 381 g/mol. The summed E-state index contributed by atoms with van der Waals surface area (Å²) in [7, 11) is 1.65. The first-order chi connectivity index (χ1) is 12.8. The molecule has 0 saturated heterocycles. The molecular weight excluding hydrogens is 366 g/mol. The van der Waals surface area contributed by atoms with Crippen molar-refractivity contribution in [3.05, 3.63) is 75.2 Å². The minimum Gasteiger partial charge on any atom is -0.497 e. The Morgan fingerprint density at radius 1 is 1.12 bits per heavy atom. The summed E-state index contributed by atoms with van der Waals surface area (Å²) >= 11 is 3.15. The lowest BCUT2D eigenvalue weighted by molar-refractivity contribution is 0.415. The molecule has 1 aromatic carbocycles. The maximum Gasteiger partial charge on any atom is 0.211 e. The average molecular weight is 381 g/mol. The Morgan fingerprint density at radius 3 is 2.69 bits per heavy atom. The Hall–Kier alpha value is -2.90. The minimum atomic E-state index is 0.750. The van der Waals surface area contributed by atoms with Crippen LogP contribution in [-0.2, 0) is 0 Å². The van der Waals surface area contributed by atoms with Gasteiger partial charge in [-0.1, -0.05) is 0 Å². The summed E-state index contributed by atoms with van der Waals surface area (Å²) in [5.74, 6) is 1.55. The van der Waals surface area contributed by atoms with E-state index in [0.29, 0.717) is 0 Å². The molecule has 5 nitrogen and oxygen atoms in total. The fraction of sp³-hybridized carbons (Fsp3) is 0.0526. The number of hydrogen-bond acceptors (Lipinski definition) is 6. The van der Waals surface area contributed by atoms with E-state index < -0.39 is 0 Å². The van der Waals surface area contributed by atoms with Gasteiger partial charge in [0, 0.05) is 10.9 Å². The smallest absolute Gasteiger partial charge is 0.211 e. The van der Waals surface area contributed by atoms with E-state index in [1.807, 2.05) is 64.8 Å². The van der Waals surface area contributed by atoms with Crippen molar-refractivity contribution in [2.45, 2.75) is 0 Å². The van der Waals surface area contributed by atoms with Crippen molar-refractivity contribution in [2.24, 2.45) is 10.1 Å². The first kappa shape index (κ1) is 16.6. The molecule has 0 amide bonds. The predicted octanol–water partition coefficient (Wildman–Crippen LogP) is 4.99. The van der Waals surface area contributed by atoms with Gasteiger partial charge in [0.25, 0.3) is 0 Å². The third-order valence-corrected chi connectivity index (χ3v) is 5.14. The zero-order valence-corrected chi connectivity index (χ0v) is 15.5. The number of benzene rings is 1. The standard InChI is InChI=1S/C19H15N3O2S2/c1-23-16-6-4-15(5-7-16)21-19-22(20-11-14-8-10-25-12-14)17(13-26-19)18-3-2-9-24-18/h2-13H,1H3. The molecule has 4 rings (SSSR count). The van der Waals surface area contributed by atoms with E-state index in [1.165, 1.54) is 11.3 Å². The highest BCUT2D eigenvalue weighted by atomic mass is 32.1. The molecule has 7 heteroatoms. The minimum absolute atomic E-state index is 0.750. The molecule has 3 aromatic heterocycles. The normalized spacial score (nSPS) is 12.1. The Bertz CT molecular complexity index is 1060. The number of thiophene rings is 1. The lowest BCUT2D eigenvalue weighted by Gasteiger charge is -2.01. The van der Waals surface area contributed by atoms with E-state index >= 15 is 0 Å². The second-order valence-electron chi connectivity index (χ2n) is 5.30. The Morgan fingerprint density at radius 2 is 2.00 bits per heavy atom. The van der Waals surface area contributed by atoms with Crippen molar-refractivity contribution in [2.75, 3.05) is 7.11 Å². The van der Waals surface area contributed by atoms with E-state index in [-0.39, 0.29) is 0 Å². The number of nitrogens with zero attached hydrogens (tertiary/aromatic N) is 3. The van der Waals surface area contributed by atoms with Gasteiger partial charge in [0.05, 0.1) is 25.3 Å². The topological polar surface area (TPSA) is 52.0 Å². The SMILES string of the molecule is COc1ccc(N=c2scc(-c3ccco3)n2N=Cc2ccsc2)cc1. The summed E-state index contributed by atoms with van der Waals surface area (Å²) in [6, 6.07) is 13.4. The average Bonchev–Trinajstić information content (AvgIpc) is 3.42. The summed E-state index contributed by atoms with van der Waals surface area (Å²) in [5.41, 5.74) is 2.74.